The van der Waals surface area contributed by atoms with E-state index in [0.717, 1.165) is 23.3 Å². The summed E-state index contributed by atoms with van der Waals surface area (Å²) < 4.78 is 3.04. The zero-order chi connectivity index (χ0) is 13.9. The number of aromatic nitrogens is 2. The van der Waals surface area contributed by atoms with Gasteiger partial charge in [-0.05, 0) is 23.8 Å². The van der Waals surface area contributed by atoms with E-state index >= 15 is 0 Å². The number of halogens is 1. The molecule has 0 spiro atoms. The lowest BCUT2D eigenvalue weighted by molar-refractivity contribution is 0.662. The molecule has 0 aliphatic heterocycles. The van der Waals surface area contributed by atoms with Gasteiger partial charge in [-0.2, -0.15) is 5.10 Å². The second kappa shape index (κ2) is 5.77. The Morgan fingerprint density at radius 1 is 1.05 bits per heavy atom. The van der Waals surface area contributed by atoms with Gasteiger partial charge in [0.2, 0.25) is 0 Å². The van der Waals surface area contributed by atoms with Crippen LogP contribution in [0.4, 0.5) is 0 Å². The smallest absolute Gasteiger partial charge is 0.0841 e. The van der Waals surface area contributed by atoms with Crippen LogP contribution >= 0.6 is 15.9 Å². The molecular formula is C16H16BrN3. The summed E-state index contributed by atoms with van der Waals surface area (Å²) in [6, 6.07) is 16.7. The van der Waals surface area contributed by atoms with E-state index in [9.17, 15) is 0 Å². The Labute approximate surface area is 126 Å². The maximum Gasteiger partial charge on any atom is 0.0841 e. The Bertz CT molecular complexity index is 716. The molecule has 0 bridgehead atoms. The Balaban J connectivity index is 1.70. The number of benzene rings is 2. The van der Waals surface area contributed by atoms with Crippen molar-refractivity contribution in [1.82, 2.24) is 15.1 Å². The molecule has 102 valence electrons. The first-order chi connectivity index (χ1) is 9.74. The first-order valence-corrected chi connectivity index (χ1v) is 7.39. The zero-order valence-corrected chi connectivity index (χ0v) is 12.9. The standard InChI is InChI=1S/C16H16BrN3/c1-20-16-5-3-2-4-14(16)15(19-20)11-18-10-12-6-8-13(17)9-7-12/h2-9,18H,10-11H2,1H3. The van der Waals surface area contributed by atoms with Gasteiger partial charge in [0.15, 0.2) is 0 Å². The fraction of sp³-hybridized carbons (Fsp3) is 0.188. The molecule has 2 aromatic carbocycles. The van der Waals surface area contributed by atoms with Crippen molar-refractivity contribution >= 4 is 26.8 Å². The van der Waals surface area contributed by atoms with Gasteiger partial charge in [0.1, 0.15) is 0 Å². The number of nitrogens with zero attached hydrogens (tertiary/aromatic N) is 2. The van der Waals surface area contributed by atoms with Gasteiger partial charge in [0, 0.05) is 30.0 Å². The lowest BCUT2D eigenvalue weighted by atomic mass is 10.2. The molecule has 1 heterocycles. The van der Waals surface area contributed by atoms with Gasteiger partial charge in [0.25, 0.3) is 0 Å². The van der Waals surface area contributed by atoms with Crippen LogP contribution in [0.15, 0.2) is 53.0 Å². The first-order valence-electron chi connectivity index (χ1n) is 6.60. The van der Waals surface area contributed by atoms with Crippen LogP contribution in [0.5, 0.6) is 0 Å². The number of rotatable bonds is 4. The summed E-state index contributed by atoms with van der Waals surface area (Å²) in [7, 11) is 1.99. The molecule has 0 saturated carbocycles. The molecular weight excluding hydrogens is 314 g/mol. The van der Waals surface area contributed by atoms with Crippen LogP contribution < -0.4 is 5.32 Å². The van der Waals surface area contributed by atoms with Gasteiger partial charge >= 0.3 is 0 Å². The number of aryl methyl sites for hydroxylation is 1. The minimum atomic E-state index is 0.775. The van der Waals surface area contributed by atoms with Crippen molar-refractivity contribution in [2.45, 2.75) is 13.1 Å². The van der Waals surface area contributed by atoms with Gasteiger partial charge in [-0.3, -0.25) is 4.68 Å². The molecule has 0 saturated heterocycles. The number of hydrogen-bond acceptors (Lipinski definition) is 2. The average Bonchev–Trinajstić information content (AvgIpc) is 2.79. The molecule has 0 aliphatic rings. The Kier molecular flexibility index (Phi) is 3.85. The molecule has 4 heteroatoms. The molecule has 0 amide bonds. The summed E-state index contributed by atoms with van der Waals surface area (Å²) in [6.45, 7) is 1.62. The van der Waals surface area contributed by atoms with Crippen molar-refractivity contribution < 1.29 is 0 Å². The average molecular weight is 330 g/mol. The lowest BCUT2D eigenvalue weighted by Gasteiger charge is -2.03. The normalized spacial score (nSPS) is 11.1. The van der Waals surface area contributed by atoms with E-state index in [-0.39, 0.29) is 0 Å². The van der Waals surface area contributed by atoms with Crippen molar-refractivity contribution in [1.29, 1.82) is 0 Å². The van der Waals surface area contributed by atoms with Crippen LogP contribution in [0, 0.1) is 0 Å². The molecule has 1 N–H and O–H groups in total. The summed E-state index contributed by atoms with van der Waals surface area (Å²) in [5.74, 6) is 0. The van der Waals surface area contributed by atoms with Gasteiger partial charge in [-0.1, -0.05) is 46.3 Å². The monoisotopic (exact) mass is 329 g/mol. The second-order valence-corrected chi connectivity index (χ2v) is 5.73. The van der Waals surface area contributed by atoms with E-state index in [4.69, 9.17) is 0 Å². The van der Waals surface area contributed by atoms with Gasteiger partial charge in [-0.25, -0.2) is 0 Å². The molecule has 0 atom stereocenters. The van der Waals surface area contributed by atoms with Crippen LogP contribution in [0.3, 0.4) is 0 Å². The highest BCUT2D eigenvalue weighted by Gasteiger charge is 2.06. The van der Waals surface area contributed by atoms with Crippen LogP contribution in [0.25, 0.3) is 10.9 Å². The number of hydrogen-bond donors (Lipinski definition) is 1. The molecule has 0 aliphatic carbocycles. The Morgan fingerprint density at radius 3 is 2.60 bits per heavy atom. The Hall–Kier alpha value is -1.65. The summed E-state index contributed by atoms with van der Waals surface area (Å²) in [5, 5.41) is 9.25. The summed E-state index contributed by atoms with van der Waals surface area (Å²) in [4.78, 5) is 0. The van der Waals surface area contributed by atoms with Crippen molar-refractivity contribution in [3.8, 4) is 0 Å². The van der Waals surface area contributed by atoms with Crippen LogP contribution in [0.1, 0.15) is 11.3 Å². The van der Waals surface area contributed by atoms with Crippen molar-refractivity contribution in [2.24, 2.45) is 7.05 Å². The predicted molar refractivity (Wildman–Crippen MR) is 85.4 cm³/mol. The maximum atomic E-state index is 4.58. The van der Waals surface area contributed by atoms with E-state index in [1.807, 2.05) is 17.8 Å². The molecule has 0 radical (unpaired) electrons. The molecule has 0 unspecified atom stereocenters. The quantitative estimate of drug-likeness (QED) is 0.792. The van der Waals surface area contributed by atoms with Crippen molar-refractivity contribution in [3.63, 3.8) is 0 Å². The highest BCUT2D eigenvalue weighted by molar-refractivity contribution is 9.10. The lowest BCUT2D eigenvalue weighted by Crippen LogP contribution is -2.13. The fourth-order valence-corrected chi connectivity index (χ4v) is 2.61. The van der Waals surface area contributed by atoms with Crippen molar-refractivity contribution in [3.05, 3.63) is 64.3 Å². The fourth-order valence-electron chi connectivity index (χ4n) is 2.35. The SMILES string of the molecule is Cn1nc(CNCc2ccc(Br)cc2)c2ccccc21. The molecule has 3 nitrogen and oxygen atoms in total. The molecule has 0 fully saturated rings. The maximum absolute atomic E-state index is 4.58. The van der Waals surface area contributed by atoms with Gasteiger partial charge in [-0.15, -0.1) is 0 Å². The molecule has 3 rings (SSSR count). The topological polar surface area (TPSA) is 29.9 Å². The minimum absolute atomic E-state index is 0.775. The summed E-state index contributed by atoms with van der Waals surface area (Å²) >= 11 is 3.45. The highest BCUT2D eigenvalue weighted by atomic mass is 79.9. The van der Waals surface area contributed by atoms with Gasteiger partial charge in [0.05, 0.1) is 11.2 Å². The van der Waals surface area contributed by atoms with Crippen LogP contribution in [-0.2, 0) is 20.1 Å². The first kappa shape index (κ1) is 13.3. The third-order valence-corrected chi connectivity index (χ3v) is 3.90. The van der Waals surface area contributed by atoms with E-state index < -0.39 is 0 Å². The number of para-hydroxylation sites is 1. The second-order valence-electron chi connectivity index (χ2n) is 4.82. The highest BCUT2D eigenvalue weighted by Crippen LogP contribution is 2.17. The Morgan fingerprint density at radius 2 is 1.80 bits per heavy atom. The largest absolute Gasteiger partial charge is 0.307 e. The number of nitrogens with one attached hydrogen (secondary N) is 1. The third-order valence-electron chi connectivity index (χ3n) is 3.37. The zero-order valence-electron chi connectivity index (χ0n) is 11.3. The van der Waals surface area contributed by atoms with Crippen LogP contribution in [-0.4, -0.2) is 9.78 Å². The molecule has 3 aromatic rings. The minimum Gasteiger partial charge on any atom is -0.307 e. The third kappa shape index (κ3) is 2.76. The van der Waals surface area contributed by atoms with E-state index in [1.165, 1.54) is 16.5 Å². The van der Waals surface area contributed by atoms with Gasteiger partial charge < -0.3 is 5.32 Å². The predicted octanol–water partition coefficient (Wildman–Crippen LogP) is 3.63. The molecule has 20 heavy (non-hydrogen) atoms. The molecule has 1 aromatic heterocycles. The summed E-state index contributed by atoms with van der Waals surface area (Å²) in [5.41, 5.74) is 3.54. The number of fused-ring (bicyclic) bond motifs is 1. The summed E-state index contributed by atoms with van der Waals surface area (Å²) in [6.07, 6.45) is 0. The van der Waals surface area contributed by atoms with E-state index in [1.54, 1.807) is 0 Å². The van der Waals surface area contributed by atoms with E-state index in [0.29, 0.717) is 0 Å². The van der Waals surface area contributed by atoms with Crippen molar-refractivity contribution in [2.75, 3.05) is 0 Å². The van der Waals surface area contributed by atoms with Crippen LogP contribution in [0.2, 0.25) is 0 Å². The van der Waals surface area contributed by atoms with E-state index in [2.05, 4.69) is 68.8 Å².